The van der Waals surface area contributed by atoms with Gasteiger partial charge >= 0.3 is 5.97 Å². The van der Waals surface area contributed by atoms with Crippen LogP contribution in [0.25, 0.3) is 0 Å². The molecule has 1 aromatic carbocycles. The van der Waals surface area contributed by atoms with E-state index in [1.165, 1.54) is 19.1 Å². The number of carboxylic acids is 1. The molecule has 0 radical (unpaired) electrons. The molecule has 0 aliphatic carbocycles. The average molecular weight is 260 g/mol. The summed E-state index contributed by atoms with van der Waals surface area (Å²) in [7, 11) is 0. The van der Waals surface area contributed by atoms with Crippen LogP contribution in [0.2, 0.25) is 5.02 Å². The Hall–Kier alpha value is -1.13. The van der Waals surface area contributed by atoms with Gasteiger partial charge in [0.25, 0.3) is 0 Å². The van der Waals surface area contributed by atoms with E-state index in [-0.39, 0.29) is 17.0 Å². The second-order valence-corrected chi connectivity index (χ2v) is 4.59. The van der Waals surface area contributed by atoms with E-state index >= 15 is 0 Å². The summed E-state index contributed by atoms with van der Waals surface area (Å²) in [5, 5.41) is 9.51. The molecule has 1 aromatic rings. The summed E-state index contributed by atoms with van der Waals surface area (Å²) in [6.45, 7) is 1.87. The second kappa shape index (κ2) is 5.47. The van der Waals surface area contributed by atoms with Crippen LogP contribution in [0.3, 0.4) is 0 Å². The molecule has 0 saturated heterocycles. The van der Waals surface area contributed by atoms with E-state index in [0.717, 1.165) is 6.07 Å². The summed E-state index contributed by atoms with van der Waals surface area (Å²) < 4.78 is 13.8. The molecule has 0 aliphatic heterocycles. The van der Waals surface area contributed by atoms with Crippen molar-refractivity contribution < 1.29 is 14.3 Å². The van der Waals surface area contributed by atoms with Crippen molar-refractivity contribution >= 4 is 17.6 Å². The highest BCUT2D eigenvalue weighted by atomic mass is 35.5. The predicted octanol–water partition coefficient (Wildman–Crippen LogP) is 2.56. The minimum atomic E-state index is -1.27. The SMILES string of the molecule is CC(CCCN)(C(=O)O)c1ccc(Cl)cc1F. The number of benzene rings is 1. The van der Waals surface area contributed by atoms with Crippen LogP contribution in [0.4, 0.5) is 4.39 Å². The Labute approximate surface area is 104 Å². The molecule has 17 heavy (non-hydrogen) atoms. The quantitative estimate of drug-likeness (QED) is 0.854. The summed E-state index contributed by atoms with van der Waals surface area (Å²) in [4.78, 5) is 11.3. The molecule has 3 N–H and O–H groups in total. The Morgan fingerprint density at radius 1 is 1.59 bits per heavy atom. The highest BCUT2D eigenvalue weighted by Crippen LogP contribution is 2.32. The van der Waals surface area contributed by atoms with Crippen LogP contribution >= 0.6 is 11.6 Å². The number of carbonyl (C=O) groups is 1. The third-order valence-corrected chi connectivity index (χ3v) is 3.11. The molecule has 0 aliphatic rings. The lowest BCUT2D eigenvalue weighted by atomic mass is 9.78. The van der Waals surface area contributed by atoms with Crippen molar-refractivity contribution in [2.75, 3.05) is 6.54 Å². The average Bonchev–Trinajstić information content (AvgIpc) is 2.25. The van der Waals surface area contributed by atoms with Crippen molar-refractivity contribution in [3.63, 3.8) is 0 Å². The number of hydrogen-bond acceptors (Lipinski definition) is 2. The Bertz CT molecular complexity index is 425. The van der Waals surface area contributed by atoms with Gasteiger partial charge in [0.05, 0.1) is 5.41 Å². The monoisotopic (exact) mass is 259 g/mol. The zero-order valence-corrected chi connectivity index (χ0v) is 10.3. The van der Waals surface area contributed by atoms with Gasteiger partial charge in [0.15, 0.2) is 0 Å². The van der Waals surface area contributed by atoms with E-state index in [1.54, 1.807) is 0 Å². The molecule has 1 rings (SSSR count). The van der Waals surface area contributed by atoms with E-state index < -0.39 is 17.2 Å². The molecule has 0 aromatic heterocycles. The van der Waals surface area contributed by atoms with Gasteiger partial charge < -0.3 is 10.8 Å². The largest absolute Gasteiger partial charge is 0.481 e. The first-order valence-corrected chi connectivity index (χ1v) is 5.68. The number of halogens is 2. The number of nitrogens with two attached hydrogens (primary N) is 1. The summed E-state index contributed by atoms with van der Waals surface area (Å²) in [5.41, 5.74) is 4.24. The molecule has 94 valence electrons. The molecule has 5 heteroatoms. The Morgan fingerprint density at radius 3 is 2.71 bits per heavy atom. The van der Waals surface area contributed by atoms with Crippen LogP contribution in [0.1, 0.15) is 25.3 Å². The van der Waals surface area contributed by atoms with Crippen molar-refractivity contribution in [1.29, 1.82) is 0 Å². The van der Waals surface area contributed by atoms with E-state index in [0.29, 0.717) is 13.0 Å². The van der Waals surface area contributed by atoms with Gasteiger partial charge in [0, 0.05) is 10.6 Å². The maximum atomic E-state index is 13.8. The zero-order valence-electron chi connectivity index (χ0n) is 9.54. The highest BCUT2D eigenvalue weighted by molar-refractivity contribution is 6.30. The van der Waals surface area contributed by atoms with Gasteiger partial charge in [-0.25, -0.2) is 4.39 Å². The Kier molecular flexibility index (Phi) is 4.48. The van der Waals surface area contributed by atoms with Crippen molar-refractivity contribution in [1.82, 2.24) is 0 Å². The lowest BCUT2D eigenvalue weighted by molar-refractivity contribution is -0.143. The highest BCUT2D eigenvalue weighted by Gasteiger charge is 2.36. The zero-order chi connectivity index (χ0) is 13.1. The van der Waals surface area contributed by atoms with Crippen LogP contribution in [0.15, 0.2) is 18.2 Å². The van der Waals surface area contributed by atoms with Gasteiger partial charge in [0.1, 0.15) is 5.82 Å². The summed E-state index contributed by atoms with van der Waals surface area (Å²) >= 11 is 5.64. The summed E-state index contributed by atoms with van der Waals surface area (Å²) in [6.07, 6.45) is 0.808. The molecule has 3 nitrogen and oxygen atoms in total. The molecule has 0 fully saturated rings. The van der Waals surface area contributed by atoms with Crippen LogP contribution in [0.5, 0.6) is 0 Å². The van der Waals surface area contributed by atoms with Crippen molar-refractivity contribution in [2.45, 2.75) is 25.2 Å². The fourth-order valence-electron chi connectivity index (χ4n) is 1.75. The van der Waals surface area contributed by atoms with Crippen molar-refractivity contribution in [2.24, 2.45) is 5.73 Å². The van der Waals surface area contributed by atoms with Crippen LogP contribution in [-0.2, 0) is 10.2 Å². The molecule has 1 unspecified atom stereocenters. The maximum Gasteiger partial charge on any atom is 0.313 e. The molecule has 1 atom stereocenters. The standard InChI is InChI=1S/C12H15ClFNO2/c1-12(11(16)17,5-2-6-15)9-4-3-8(13)7-10(9)14/h3-4,7H,2,5-6,15H2,1H3,(H,16,17). The minimum Gasteiger partial charge on any atom is -0.481 e. The van der Waals surface area contributed by atoms with Crippen LogP contribution < -0.4 is 5.73 Å². The number of carboxylic acid groups (broad SMARTS) is 1. The summed E-state index contributed by atoms with van der Waals surface area (Å²) in [6, 6.07) is 4.03. The third kappa shape index (κ3) is 2.96. The fraction of sp³-hybridized carbons (Fsp3) is 0.417. The lowest BCUT2D eigenvalue weighted by Crippen LogP contribution is -2.34. The Balaban J connectivity index is 3.17. The maximum absolute atomic E-state index is 13.8. The molecule has 0 spiro atoms. The third-order valence-electron chi connectivity index (χ3n) is 2.88. The van der Waals surface area contributed by atoms with Gasteiger partial charge in [-0.1, -0.05) is 17.7 Å². The number of aliphatic carboxylic acids is 1. The Morgan fingerprint density at radius 2 is 2.24 bits per heavy atom. The van der Waals surface area contributed by atoms with E-state index in [2.05, 4.69) is 0 Å². The van der Waals surface area contributed by atoms with E-state index in [4.69, 9.17) is 17.3 Å². The first-order valence-electron chi connectivity index (χ1n) is 5.31. The van der Waals surface area contributed by atoms with Gasteiger partial charge in [-0.2, -0.15) is 0 Å². The van der Waals surface area contributed by atoms with E-state index in [1.807, 2.05) is 0 Å². The molecule has 0 amide bonds. The second-order valence-electron chi connectivity index (χ2n) is 4.15. The van der Waals surface area contributed by atoms with Gasteiger partial charge in [-0.05, 0) is 38.4 Å². The topological polar surface area (TPSA) is 63.3 Å². The fourth-order valence-corrected chi connectivity index (χ4v) is 1.91. The lowest BCUT2D eigenvalue weighted by Gasteiger charge is -2.25. The molecular formula is C12H15ClFNO2. The smallest absolute Gasteiger partial charge is 0.313 e. The predicted molar refractivity (Wildman–Crippen MR) is 64.7 cm³/mol. The number of hydrogen-bond donors (Lipinski definition) is 2. The first-order chi connectivity index (χ1) is 7.91. The molecule has 0 heterocycles. The summed E-state index contributed by atoms with van der Waals surface area (Å²) in [5.74, 6) is -1.66. The first kappa shape index (κ1) is 13.9. The normalized spacial score (nSPS) is 14.4. The number of rotatable bonds is 5. The van der Waals surface area contributed by atoms with Crippen molar-refractivity contribution in [3.8, 4) is 0 Å². The molecule has 0 saturated carbocycles. The minimum absolute atomic E-state index is 0.142. The molecular weight excluding hydrogens is 245 g/mol. The van der Waals surface area contributed by atoms with E-state index in [9.17, 15) is 14.3 Å². The molecule has 0 bridgehead atoms. The van der Waals surface area contributed by atoms with Gasteiger partial charge in [-0.15, -0.1) is 0 Å². The van der Waals surface area contributed by atoms with Crippen molar-refractivity contribution in [3.05, 3.63) is 34.6 Å². The van der Waals surface area contributed by atoms with Crippen LogP contribution in [0, 0.1) is 5.82 Å². The van der Waals surface area contributed by atoms with Gasteiger partial charge in [0.2, 0.25) is 0 Å². The van der Waals surface area contributed by atoms with Gasteiger partial charge in [-0.3, -0.25) is 4.79 Å². The van der Waals surface area contributed by atoms with Crippen LogP contribution in [-0.4, -0.2) is 17.6 Å².